The van der Waals surface area contributed by atoms with Crippen molar-refractivity contribution in [3.8, 4) is 6.07 Å². The number of pyridine rings is 1. The maximum absolute atomic E-state index is 12.6. The van der Waals surface area contributed by atoms with Crippen LogP contribution in [0.25, 0.3) is 0 Å². The first kappa shape index (κ1) is 12.2. The van der Waals surface area contributed by atoms with E-state index in [-0.39, 0.29) is 5.69 Å². The van der Waals surface area contributed by atoms with E-state index in [1.165, 1.54) is 13.0 Å². The number of aryl methyl sites for hydroxylation is 1. The summed E-state index contributed by atoms with van der Waals surface area (Å²) >= 11 is 0. The predicted octanol–water partition coefficient (Wildman–Crippen LogP) is 2.51. The van der Waals surface area contributed by atoms with E-state index in [0.717, 1.165) is 12.3 Å². The summed E-state index contributed by atoms with van der Waals surface area (Å²) in [7, 11) is 0. The van der Waals surface area contributed by atoms with Crippen LogP contribution in [0.15, 0.2) is 12.3 Å². The van der Waals surface area contributed by atoms with Gasteiger partial charge in [0.05, 0.1) is 18.1 Å². The molecule has 1 aromatic rings. The largest absolute Gasteiger partial charge is 0.417 e. The Balaban J connectivity index is 3.30. The van der Waals surface area contributed by atoms with Crippen LogP contribution in [0.1, 0.15) is 28.0 Å². The van der Waals surface area contributed by atoms with Gasteiger partial charge in [-0.25, -0.2) is 0 Å². The fraction of sp³-hybridized carbons (Fsp3) is 0.300. The highest BCUT2D eigenvalue weighted by Gasteiger charge is 2.35. The lowest BCUT2D eigenvalue weighted by Crippen LogP contribution is -2.14. The molecule has 0 aromatic carbocycles. The lowest BCUT2D eigenvalue weighted by atomic mass is 10.0. The van der Waals surface area contributed by atoms with Gasteiger partial charge in [-0.05, 0) is 13.0 Å². The fourth-order valence-electron chi connectivity index (χ4n) is 1.18. The molecule has 0 unspecified atom stereocenters. The normalized spacial score (nSPS) is 10.9. The minimum absolute atomic E-state index is 0.167. The average Bonchev–Trinajstić information content (AvgIpc) is 2.16. The van der Waals surface area contributed by atoms with Crippen LogP contribution < -0.4 is 0 Å². The monoisotopic (exact) mass is 228 g/mol. The molecule has 1 rings (SSSR count). The maximum atomic E-state index is 12.6. The minimum Gasteiger partial charge on any atom is -0.293 e. The van der Waals surface area contributed by atoms with E-state index in [2.05, 4.69) is 4.98 Å². The molecule has 0 radical (unpaired) electrons. The minimum atomic E-state index is -4.62. The van der Waals surface area contributed by atoms with Gasteiger partial charge in [0.25, 0.3) is 0 Å². The number of halogens is 3. The molecular weight excluding hydrogens is 221 g/mol. The topological polar surface area (TPSA) is 53.8 Å². The van der Waals surface area contributed by atoms with Crippen molar-refractivity contribution in [2.75, 3.05) is 0 Å². The lowest BCUT2D eigenvalue weighted by molar-refractivity contribution is -0.138. The Morgan fingerprint density at radius 1 is 1.56 bits per heavy atom. The van der Waals surface area contributed by atoms with Crippen molar-refractivity contribution in [1.82, 2.24) is 4.98 Å². The summed E-state index contributed by atoms with van der Waals surface area (Å²) in [6.07, 6.45) is -4.35. The van der Waals surface area contributed by atoms with Crippen molar-refractivity contribution in [1.29, 1.82) is 5.26 Å². The number of aromatic nitrogens is 1. The van der Waals surface area contributed by atoms with E-state index < -0.39 is 29.5 Å². The molecule has 0 aliphatic rings. The van der Waals surface area contributed by atoms with Crippen LogP contribution in [0.4, 0.5) is 13.2 Å². The predicted molar refractivity (Wildman–Crippen MR) is 48.5 cm³/mol. The molecule has 16 heavy (non-hydrogen) atoms. The third kappa shape index (κ3) is 2.57. The smallest absolute Gasteiger partial charge is 0.293 e. The van der Waals surface area contributed by atoms with Crippen LogP contribution in [-0.4, -0.2) is 10.8 Å². The van der Waals surface area contributed by atoms with Crippen LogP contribution in [0.5, 0.6) is 0 Å². The Labute approximate surface area is 89.5 Å². The Morgan fingerprint density at radius 2 is 2.19 bits per heavy atom. The third-order valence-electron chi connectivity index (χ3n) is 1.89. The molecule has 0 saturated carbocycles. The van der Waals surface area contributed by atoms with E-state index in [1.54, 1.807) is 0 Å². The standard InChI is InChI=1S/C10H7F3N2O/c1-6-4-8(10(11,12)13)7(5-15-6)9(16)2-3-14/h4-5H,2H2,1H3. The fourth-order valence-corrected chi connectivity index (χ4v) is 1.18. The number of carbonyl (C=O) groups is 1. The second-order valence-electron chi connectivity index (χ2n) is 3.13. The van der Waals surface area contributed by atoms with Crippen LogP contribution in [0.3, 0.4) is 0 Å². The number of ketones is 1. The Kier molecular flexibility index (Phi) is 3.28. The first-order valence-corrected chi connectivity index (χ1v) is 4.30. The number of carbonyl (C=O) groups excluding carboxylic acids is 1. The molecule has 0 N–H and O–H groups in total. The zero-order valence-electron chi connectivity index (χ0n) is 8.30. The molecule has 1 heterocycles. The maximum Gasteiger partial charge on any atom is 0.417 e. The molecule has 0 saturated heterocycles. The second-order valence-corrected chi connectivity index (χ2v) is 3.13. The van der Waals surface area contributed by atoms with Gasteiger partial charge in [0.1, 0.15) is 0 Å². The van der Waals surface area contributed by atoms with Crippen LogP contribution >= 0.6 is 0 Å². The molecule has 0 aliphatic carbocycles. The van der Waals surface area contributed by atoms with Crippen LogP contribution in [0.2, 0.25) is 0 Å². The molecule has 1 aromatic heterocycles. The Bertz CT molecular complexity index is 460. The van der Waals surface area contributed by atoms with Crippen LogP contribution in [0, 0.1) is 18.3 Å². The molecule has 0 spiro atoms. The highest BCUT2D eigenvalue weighted by Crippen LogP contribution is 2.32. The summed E-state index contributed by atoms with van der Waals surface area (Å²) in [6.45, 7) is 1.40. The van der Waals surface area contributed by atoms with Crippen molar-refractivity contribution < 1.29 is 18.0 Å². The van der Waals surface area contributed by atoms with Crippen molar-refractivity contribution in [2.24, 2.45) is 0 Å². The van der Waals surface area contributed by atoms with Gasteiger partial charge in [-0.1, -0.05) is 0 Å². The van der Waals surface area contributed by atoms with Gasteiger partial charge in [-0.3, -0.25) is 9.78 Å². The first-order valence-electron chi connectivity index (χ1n) is 4.30. The number of Topliss-reactive ketones (excluding diaryl/α,β-unsaturated/α-hetero) is 1. The van der Waals surface area contributed by atoms with Gasteiger partial charge in [-0.2, -0.15) is 18.4 Å². The SMILES string of the molecule is Cc1cc(C(F)(F)F)c(C(=O)CC#N)cn1. The molecule has 0 amide bonds. The van der Waals surface area contributed by atoms with Gasteiger partial charge in [-0.15, -0.1) is 0 Å². The number of rotatable bonds is 2. The van der Waals surface area contributed by atoms with E-state index in [4.69, 9.17) is 5.26 Å². The number of nitriles is 1. The molecule has 3 nitrogen and oxygen atoms in total. The Morgan fingerprint density at radius 3 is 2.69 bits per heavy atom. The number of hydrogen-bond acceptors (Lipinski definition) is 3. The highest BCUT2D eigenvalue weighted by atomic mass is 19.4. The van der Waals surface area contributed by atoms with Gasteiger partial charge < -0.3 is 0 Å². The zero-order valence-corrected chi connectivity index (χ0v) is 8.30. The van der Waals surface area contributed by atoms with E-state index in [9.17, 15) is 18.0 Å². The van der Waals surface area contributed by atoms with Gasteiger partial charge >= 0.3 is 6.18 Å². The van der Waals surface area contributed by atoms with Gasteiger partial charge in [0.15, 0.2) is 5.78 Å². The quantitative estimate of drug-likeness (QED) is 0.731. The summed E-state index contributed by atoms with van der Waals surface area (Å²) in [5.74, 6) is -0.873. The molecule has 84 valence electrons. The molecule has 0 aliphatic heterocycles. The molecule has 0 atom stereocenters. The van der Waals surface area contributed by atoms with E-state index >= 15 is 0 Å². The van der Waals surface area contributed by atoms with Gasteiger partial charge in [0.2, 0.25) is 0 Å². The highest BCUT2D eigenvalue weighted by molar-refractivity contribution is 5.98. The van der Waals surface area contributed by atoms with Crippen molar-refractivity contribution in [2.45, 2.75) is 19.5 Å². The summed E-state index contributed by atoms with van der Waals surface area (Å²) in [6, 6.07) is 2.31. The van der Waals surface area contributed by atoms with Crippen molar-refractivity contribution >= 4 is 5.78 Å². The Hall–Kier alpha value is -1.90. The van der Waals surface area contributed by atoms with Crippen LogP contribution in [-0.2, 0) is 6.18 Å². The van der Waals surface area contributed by atoms with E-state index in [0.29, 0.717) is 0 Å². The van der Waals surface area contributed by atoms with Crippen molar-refractivity contribution in [3.05, 3.63) is 29.1 Å². The molecule has 6 heteroatoms. The van der Waals surface area contributed by atoms with Crippen molar-refractivity contribution in [3.63, 3.8) is 0 Å². The summed E-state index contributed by atoms with van der Waals surface area (Å²) in [4.78, 5) is 14.9. The summed E-state index contributed by atoms with van der Waals surface area (Å²) in [5, 5.41) is 8.27. The number of alkyl halides is 3. The molecular formula is C10H7F3N2O. The zero-order chi connectivity index (χ0) is 12.3. The van der Waals surface area contributed by atoms with Gasteiger partial charge in [0, 0.05) is 17.5 Å². The molecule has 0 fully saturated rings. The summed E-state index contributed by atoms with van der Waals surface area (Å²) in [5.41, 5.74) is -1.43. The number of hydrogen-bond donors (Lipinski definition) is 0. The first-order chi connectivity index (χ1) is 7.36. The number of nitrogens with zero attached hydrogens (tertiary/aromatic N) is 2. The lowest BCUT2D eigenvalue weighted by Gasteiger charge is -2.11. The second kappa shape index (κ2) is 4.31. The third-order valence-corrected chi connectivity index (χ3v) is 1.89. The van der Waals surface area contributed by atoms with E-state index in [1.807, 2.05) is 0 Å². The molecule has 0 bridgehead atoms. The average molecular weight is 228 g/mol. The summed E-state index contributed by atoms with van der Waals surface area (Å²) < 4.78 is 37.7.